The average molecular weight is 212 g/mol. The molecule has 0 radical (unpaired) electrons. The zero-order valence-corrected chi connectivity index (χ0v) is 7.11. The summed E-state index contributed by atoms with van der Waals surface area (Å²) in [6.45, 7) is 0. The van der Waals surface area contributed by atoms with Gasteiger partial charge in [-0.2, -0.15) is 13.1 Å². The van der Waals surface area contributed by atoms with Gasteiger partial charge in [0.1, 0.15) is 6.04 Å². The van der Waals surface area contributed by atoms with E-state index in [0.29, 0.717) is 0 Å². The Morgan fingerprint density at radius 2 is 1.92 bits per heavy atom. The SMILES string of the molecule is NC(=O)[C@H](CC(=O)O)NS(=O)(=O)O. The molecule has 8 nitrogen and oxygen atoms in total. The Bertz CT molecular complexity index is 309. The van der Waals surface area contributed by atoms with Crippen LogP contribution in [-0.2, 0) is 19.9 Å². The zero-order chi connectivity index (χ0) is 10.6. The van der Waals surface area contributed by atoms with Crippen LogP contribution in [-0.4, -0.2) is 36.0 Å². The van der Waals surface area contributed by atoms with E-state index in [1.54, 1.807) is 0 Å². The van der Waals surface area contributed by atoms with Crippen molar-refractivity contribution in [2.45, 2.75) is 12.5 Å². The number of amides is 1. The number of carbonyl (C=O) groups is 2. The number of carbonyl (C=O) groups excluding carboxylic acids is 1. The lowest BCUT2D eigenvalue weighted by Gasteiger charge is -2.09. The summed E-state index contributed by atoms with van der Waals surface area (Å²) >= 11 is 0. The lowest BCUT2D eigenvalue weighted by molar-refractivity contribution is -0.139. The van der Waals surface area contributed by atoms with Gasteiger partial charge in [0.15, 0.2) is 0 Å². The van der Waals surface area contributed by atoms with Crippen LogP contribution in [0.2, 0.25) is 0 Å². The first-order chi connectivity index (χ1) is 5.72. The van der Waals surface area contributed by atoms with E-state index in [4.69, 9.17) is 9.66 Å². The van der Waals surface area contributed by atoms with Crippen molar-refractivity contribution in [2.75, 3.05) is 0 Å². The molecule has 0 heterocycles. The van der Waals surface area contributed by atoms with Gasteiger partial charge in [-0.25, -0.2) is 0 Å². The van der Waals surface area contributed by atoms with E-state index in [1.165, 1.54) is 4.72 Å². The van der Waals surface area contributed by atoms with Crippen molar-refractivity contribution in [3.63, 3.8) is 0 Å². The van der Waals surface area contributed by atoms with Crippen molar-refractivity contribution in [2.24, 2.45) is 5.73 Å². The van der Waals surface area contributed by atoms with Crippen molar-refractivity contribution in [1.82, 2.24) is 4.72 Å². The zero-order valence-electron chi connectivity index (χ0n) is 6.30. The number of aliphatic carboxylic acids is 1. The second-order valence-corrected chi connectivity index (χ2v) is 3.33. The summed E-state index contributed by atoms with van der Waals surface area (Å²) in [5.41, 5.74) is 4.65. The summed E-state index contributed by atoms with van der Waals surface area (Å²) in [7, 11) is -4.63. The monoisotopic (exact) mass is 212 g/mol. The van der Waals surface area contributed by atoms with Crippen LogP contribution in [0.4, 0.5) is 0 Å². The van der Waals surface area contributed by atoms with E-state index in [-0.39, 0.29) is 0 Å². The Morgan fingerprint density at radius 1 is 1.46 bits per heavy atom. The fourth-order valence-corrected chi connectivity index (χ4v) is 1.11. The molecule has 0 aliphatic heterocycles. The van der Waals surface area contributed by atoms with Gasteiger partial charge in [0.2, 0.25) is 5.91 Å². The average Bonchev–Trinajstić information content (AvgIpc) is 1.81. The highest BCUT2D eigenvalue weighted by molar-refractivity contribution is 7.83. The molecular weight excluding hydrogens is 204 g/mol. The van der Waals surface area contributed by atoms with Crippen LogP contribution < -0.4 is 10.5 Å². The minimum Gasteiger partial charge on any atom is -0.481 e. The fraction of sp³-hybridized carbons (Fsp3) is 0.500. The summed E-state index contributed by atoms with van der Waals surface area (Å²) in [5, 5.41) is 8.21. The Kier molecular flexibility index (Phi) is 3.78. The molecule has 0 bridgehead atoms. The number of primary amides is 1. The van der Waals surface area contributed by atoms with Gasteiger partial charge in [-0.15, -0.1) is 0 Å². The minimum atomic E-state index is -4.63. The van der Waals surface area contributed by atoms with Crippen LogP contribution in [0.3, 0.4) is 0 Å². The molecule has 76 valence electrons. The molecule has 0 aromatic carbocycles. The molecule has 9 heteroatoms. The lowest BCUT2D eigenvalue weighted by Crippen LogP contribution is -2.45. The Labute approximate surface area is 73.6 Å². The molecule has 0 aliphatic carbocycles. The molecule has 0 rings (SSSR count). The third-order valence-corrected chi connectivity index (χ3v) is 1.60. The number of rotatable bonds is 5. The molecule has 0 spiro atoms. The first-order valence-electron chi connectivity index (χ1n) is 2.98. The molecule has 1 atom stereocenters. The van der Waals surface area contributed by atoms with Crippen molar-refractivity contribution in [3.05, 3.63) is 0 Å². The van der Waals surface area contributed by atoms with Crippen molar-refractivity contribution >= 4 is 22.2 Å². The van der Waals surface area contributed by atoms with Crippen molar-refractivity contribution in [3.8, 4) is 0 Å². The van der Waals surface area contributed by atoms with E-state index >= 15 is 0 Å². The van der Waals surface area contributed by atoms with Gasteiger partial charge in [-0.05, 0) is 0 Å². The molecule has 13 heavy (non-hydrogen) atoms. The van der Waals surface area contributed by atoms with Gasteiger partial charge in [0.05, 0.1) is 6.42 Å². The largest absolute Gasteiger partial charge is 0.481 e. The molecule has 0 aliphatic rings. The first kappa shape index (κ1) is 11.8. The third kappa shape index (κ3) is 6.02. The van der Waals surface area contributed by atoms with Gasteiger partial charge in [0, 0.05) is 0 Å². The van der Waals surface area contributed by atoms with E-state index in [1.807, 2.05) is 0 Å². The molecule has 0 aromatic rings. The van der Waals surface area contributed by atoms with Crippen LogP contribution in [0, 0.1) is 0 Å². The van der Waals surface area contributed by atoms with Gasteiger partial charge in [-0.1, -0.05) is 0 Å². The highest BCUT2D eigenvalue weighted by atomic mass is 32.2. The Morgan fingerprint density at radius 3 is 2.15 bits per heavy atom. The summed E-state index contributed by atoms with van der Waals surface area (Å²) in [5.74, 6) is -2.60. The van der Waals surface area contributed by atoms with E-state index in [2.05, 4.69) is 5.73 Å². The smallest absolute Gasteiger partial charge is 0.334 e. The molecule has 0 saturated heterocycles. The van der Waals surface area contributed by atoms with Crippen molar-refractivity contribution < 1.29 is 27.7 Å². The summed E-state index contributed by atoms with van der Waals surface area (Å²) in [6.07, 6.45) is -0.824. The second-order valence-electron chi connectivity index (χ2n) is 2.15. The molecule has 1 amide bonds. The van der Waals surface area contributed by atoms with E-state index in [9.17, 15) is 18.0 Å². The maximum atomic E-state index is 10.4. The van der Waals surface area contributed by atoms with E-state index < -0.39 is 34.6 Å². The molecule has 5 N–H and O–H groups in total. The summed E-state index contributed by atoms with van der Waals surface area (Å²) < 4.78 is 29.9. The molecule has 0 unspecified atom stereocenters. The molecule has 0 aromatic heterocycles. The van der Waals surface area contributed by atoms with Crippen molar-refractivity contribution in [1.29, 1.82) is 0 Å². The van der Waals surface area contributed by atoms with Gasteiger partial charge >= 0.3 is 16.3 Å². The predicted molar refractivity (Wildman–Crippen MR) is 39.9 cm³/mol. The fourth-order valence-electron chi connectivity index (χ4n) is 0.555. The normalized spacial score (nSPS) is 13.6. The minimum absolute atomic E-state index is 0.824. The van der Waals surface area contributed by atoms with Crippen LogP contribution >= 0.6 is 0 Å². The summed E-state index contributed by atoms with van der Waals surface area (Å²) in [4.78, 5) is 20.5. The number of nitrogens with one attached hydrogen (secondary N) is 1. The number of hydrogen-bond acceptors (Lipinski definition) is 4. The summed E-state index contributed by atoms with van der Waals surface area (Å²) in [6, 6.07) is -1.65. The van der Waals surface area contributed by atoms with Crippen LogP contribution in [0.25, 0.3) is 0 Å². The first-order valence-corrected chi connectivity index (χ1v) is 4.42. The van der Waals surface area contributed by atoms with Gasteiger partial charge < -0.3 is 10.8 Å². The molecular formula is C4H8N2O6S. The Balaban J connectivity index is 4.45. The number of hydrogen-bond donors (Lipinski definition) is 4. The number of carboxylic acids is 1. The third-order valence-electron chi connectivity index (χ3n) is 1.01. The maximum Gasteiger partial charge on any atom is 0.334 e. The second kappa shape index (κ2) is 4.16. The number of carboxylic acid groups (broad SMARTS) is 1. The van der Waals surface area contributed by atoms with Crippen LogP contribution in [0.1, 0.15) is 6.42 Å². The van der Waals surface area contributed by atoms with E-state index in [0.717, 1.165) is 0 Å². The van der Waals surface area contributed by atoms with Gasteiger partial charge in [-0.3, -0.25) is 14.1 Å². The molecule has 0 fully saturated rings. The lowest BCUT2D eigenvalue weighted by atomic mass is 10.2. The topological polar surface area (TPSA) is 147 Å². The maximum absolute atomic E-state index is 10.4. The standard InChI is InChI=1S/C4H8N2O6S/c5-4(9)2(1-3(7)8)6-13(10,11)12/h2,6H,1H2,(H2,5,9)(H,7,8)(H,10,11,12)/t2-/m0/s1. The van der Waals surface area contributed by atoms with Crippen LogP contribution in [0.5, 0.6) is 0 Å². The number of nitrogens with two attached hydrogens (primary N) is 1. The molecule has 0 saturated carbocycles. The van der Waals surface area contributed by atoms with Crippen LogP contribution in [0.15, 0.2) is 0 Å². The Hall–Kier alpha value is -1.19. The predicted octanol–water partition coefficient (Wildman–Crippen LogP) is -2.29. The highest BCUT2D eigenvalue weighted by Gasteiger charge is 2.23. The quantitative estimate of drug-likeness (QED) is 0.377. The highest BCUT2D eigenvalue weighted by Crippen LogP contribution is 1.93. The van der Waals surface area contributed by atoms with Gasteiger partial charge in [0.25, 0.3) is 0 Å².